The van der Waals surface area contributed by atoms with Crippen LogP contribution >= 0.6 is 0 Å². The molecular weight excluding hydrogens is 404 g/mol. The van der Waals surface area contributed by atoms with E-state index >= 15 is 0 Å². The summed E-state index contributed by atoms with van der Waals surface area (Å²) in [6.07, 6.45) is 5.00. The molecule has 3 heterocycles. The van der Waals surface area contributed by atoms with Gasteiger partial charge in [0, 0.05) is 68.3 Å². The zero-order chi connectivity index (χ0) is 22.5. The molecule has 0 unspecified atom stereocenters. The maximum Gasteiger partial charge on any atom is 0.257 e. The molecule has 9 heteroatoms. The van der Waals surface area contributed by atoms with Crippen LogP contribution in [0.25, 0.3) is 10.8 Å². The molecule has 4 rings (SSSR count). The third-order valence-corrected chi connectivity index (χ3v) is 5.48. The van der Waals surface area contributed by atoms with Crippen LogP contribution in [0.2, 0.25) is 0 Å². The van der Waals surface area contributed by atoms with Crippen LogP contribution < -0.4 is 16.1 Å². The Bertz CT molecular complexity index is 1180. The number of nitrogens with one attached hydrogen (secondary N) is 1. The number of fused-ring (bicyclic) bond motifs is 1. The number of aromatic nitrogens is 2. The van der Waals surface area contributed by atoms with Crippen molar-refractivity contribution in [2.45, 2.75) is 0 Å². The summed E-state index contributed by atoms with van der Waals surface area (Å²) in [5.41, 5.74) is 1.95. The smallest absolute Gasteiger partial charge is 0.257 e. The van der Waals surface area contributed by atoms with Crippen LogP contribution in [0.15, 0.2) is 58.9 Å². The van der Waals surface area contributed by atoms with Gasteiger partial charge in [0.15, 0.2) is 0 Å². The Hall–Kier alpha value is -3.85. The van der Waals surface area contributed by atoms with Crippen molar-refractivity contribution < 1.29 is 4.79 Å². The average Bonchev–Trinajstić information content (AvgIpc) is 2.82. The molecular formula is C23H26N8O. The molecule has 3 N–H and O–H groups in total. The number of hydrazone groups is 1. The van der Waals surface area contributed by atoms with E-state index in [-0.39, 0.29) is 5.91 Å². The lowest BCUT2D eigenvalue weighted by molar-refractivity contribution is 0.102. The van der Waals surface area contributed by atoms with E-state index in [1.165, 1.54) is 0 Å². The Labute approximate surface area is 186 Å². The Morgan fingerprint density at radius 3 is 2.62 bits per heavy atom. The maximum absolute atomic E-state index is 12.9. The fourth-order valence-corrected chi connectivity index (χ4v) is 3.63. The SMILES string of the molecule is CN=CC(=NN)c1ccc2cnc(NC(=O)c3ccnc(N4CCN(C)CC4)c3)cc2c1. The highest BCUT2D eigenvalue weighted by Crippen LogP contribution is 2.20. The number of pyridine rings is 2. The van der Waals surface area contributed by atoms with Gasteiger partial charge in [-0.15, -0.1) is 0 Å². The first-order chi connectivity index (χ1) is 15.6. The van der Waals surface area contributed by atoms with Crippen molar-refractivity contribution in [3.05, 3.63) is 59.9 Å². The van der Waals surface area contributed by atoms with Gasteiger partial charge in [-0.2, -0.15) is 5.10 Å². The van der Waals surface area contributed by atoms with Gasteiger partial charge in [0.05, 0.1) is 0 Å². The van der Waals surface area contributed by atoms with E-state index in [1.54, 1.807) is 31.7 Å². The predicted octanol–water partition coefficient (Wildman–Crippen LogP) is 2.00. The second-order valence-electron chi connectivity index (χ2n) is 7.68. The van der Waals surface area contributed by atoms with Gasteiger partial charge >= 0.3 is 0 Å². The largest absolute Gasteiger partial charge is 0.354 e. The lowest BCUT2D eigenvalue weighted by Crippen LogP contribution is -2.44. The third kappa shape index (κ3) is 4.73. The van der Waals surface area contributed by atoms with E-state index < -0.39 is 0 Å². The van der Waals surface area contributed by atoms with E-state index in [1.807, 2.05) is 30.3 Å². The molecule has 0 bridgehead atoms. The summed E-state index contributed by atoms with van der Waals surface area (Å²) in [5.74, 6) is 6.53. The number of rotatable bonds is 5. The fraction of sp³-hybridized carbons (Fsp3) is 0.261. The third-order valence-electron chi connectivity index (χ3n) is 5.48. The summed E-state index contributed by atoms with van der Waals surface area (Å²) in [7, 11) is 3.77. The molecule has 1 aliphatic rings. The number of nitrogens with zero attached hydrogens (tertiary/aromatic N) is 6. The number of carbonyl (C=O) groups excluding carboxylic acids is 1. The first-order valence-electron chi connectivity index (χ1n) is 10.4. The van der Waals surface area contributed by atoms with Crippen LogP contribution in [0, 0.1) is 0 Å². The second-order valence-corrected chi connectivity index (χ2v) is 7.68. The summed E-state index contributed by atoms with van der Waals surface area (Å²) in [4.78, 5) is 30.2. The number of carbonyl (C=O) groups is 1. The topological polar surface area (TPSA) is 112 Å². The number of hydrogen-bond donors (Lipinski definition) is 2. The van der Waals surface area contributed by atoms with Gasteiger partial charge in [0.25, 0.3) is 5.91 Å². The van der Waals surface area contributed by atoms with Crippen molar-refractivity contribution in [3.63, 3.8) is 0 Å². The molecule has 1 aromatic carbocycles. The molecule has 0 saturated carbocycles. The molecule has 0 spiro atoms. The summed E-state index contributed by atoms with van der Waals surface area (Å²) in [6, 6.07) is 11.2. The van der Waals surface area contributed by atoms with Crippen molar-refractivity contribution in [2.75, 3.05) is 50.5 Å². The van der Waals surface area contributed by atoms with Gasteiger partial charge in [0.2, 0.25) is 0 Å². The first-order valence-corrected chi connectivity index (χ1v) is 10.4. The number of piperazine rings is 1. The number of likely N-dealkylation sites (N-methyl/N-ethyl adjacent to an activating group) is 1. The number of aliphatic imine (C=N–C) groups is 1. The number of amides is 1. The highest BCUT2D eigenvalue weighted by Gasteiger charge is 2.17. The van der Waals surface area contributed by atoms with Gasteiger partial charge in [-0.1, -0.05) is 12.1 Å². The van der Waals surface area contributed by atoms with E-state index in [4.69, 9.17) is 5.84 Å². The van der Waals surface area contributed by atoms with Crippen LogP contribution in [0.5, 0.6) is 0 Å². The summed E-state index contributed by atoms with van der Waals surface area (Å²) < 4.78 is 0. The highest BCUT2D eigenvalue weighted by molar-refractivity contribution is 6.38. The number of hydrogen-bond acceptors (Lipinski definition) is 8. The zero-order valence-corrected chi connectivity index (χ0v) is 18.2. The summed E-state index contributed by atoms with van der Waals surface area (Å²) in [5, 5.41) is 8.53. The molecule has 1 amide bonds. The molecule has 0 aliphatic carbocycles. The molecule has 3 aromatic rings. The minimum atomic E-state index is -0.229. The van der Waals surface area contributed by atoms with E-state index in [2.05, 4.69) is 42.2 Å². The monoisotopic (exact) mass is 430 g/mol. The maximum atomic E-state index is 12.9. The van der Waals surface area contributed by atoms with Gasteiger partial charge in [-0.05, 0) is 36.7 Å². The van der Waals surface area contributed by atoms with Crippen molar-refractivity contribution in [1.29, 1.82) is 0 Å². The highest BCUT2D eigenvalue weighted by atomic mass is 16.1. The van der Waals surface area contributed by atoms with E-state index in [9.17, 15) is 4.79 Å². The first kappa shape index (κ1) is 21.4. The van der Waals surface area contributed by atoms with Gasteiger partial charge in [-0.3, -0.25) is 9.79 Å². The predicted molar refractivity (Wildman–Crippen MR) is 129 cm³/mol. The molecule has 2 aromatic heterocycles. The van der Waals surface area contributed by atoms with Crippen LogP contribution in [0.1, 0.15) is 15.9 Å². The Balaban J connectivity index is 1.54. The van der Waals surface area contributed by atoms with Gasteiger partial charge < -0.3 is 21.0 Å². The Morgan fingerprint density at radius 1 is 1.06 bits per heavy atom. The van der Waals surface area contributed by atoms with Crippen molar-refractivity contribution in [1.82, 2.24) is 14.9 Å². The molecule has 1 aliphatic heterocycles. The molecule has 0 radical (unpaired) electrons. The number of nitrogens with two attached hydrogens (primary N) is 1. The van der Waals surface area contributed by atoms with Gasteiger partial charge in [0.1, 0.15) is 17.3 Å². The standard InChI is InChI=1S/C23H26N8O/c1-25-15-20(29-24)16-3-4-18-14-27-21(12-19(18)11-16)28-23(32)17-5-6-26-22(13-17)31-9-7-30(2)8-10-31/h3-6,11-15H,7-10,24H2,1-2H3,(H,27,28,32). The summed E-state index contributed by atoms with van der Waals surface area (Å²) in [6.45, 7) is 3.73. The van der Waals surface area contributed by atoms with Crippen molar-refractivity contribution in [2.24, 2.45) is 15.9 Å². The quantitative estimate of drug-likeness (QED) is 0.364. The Kier molecular flexibility index (Phi) is 6.37. The van der Waals surface area contributed by atoms with E-state index in [0.29, 0.717) is 17.1 Å². The molecule has 1 fully saturated rings. The molecule has 1 saturated heterocycles. The van der Waals surface area contributed by atoms with Crippen LogP contribution in [-0.2, 0) is 0 Å². The van der Waals surface area contributed by atoms with Crippen LogP contribution in [-0.4, -0.2) is 73.0 Å². The minimum Gasteiger partial charge on any atom is -0.354 e. The van der Waals surface area contributed by atoms with Crippen molar-refractivity contribution in [3.8, 4) is 0 Å². The summed E-state index contributed by atoms with van der Waals surface area (Å²) >= 11 is 0. The molecule has 32 heavy (non-hydrogen) atoms. The molecule has 164 valence electrons. The van der Waals surface area contributed by atoms with Gasteiger partial charge in [-0.25, -0.2) is 9.97 Å². The fourth-order valence-electron chi connectivity index (χ4n) is 3.63. The molecule has 9 nitrogen and oxygen atoms in total. The lowest BCUT2D eigenvalue weighted by Gasteiger charge is -2.33. The normalized spacial score (nSPS) is 15.4. The second kappa shape index (κ2) is 9.52. The minimum absolute atomic E-state index is 0.229. The zero-order valence-electron chi connectivity index (χ0n) is 18.2. The van der Waals surface area contributed by atoms with Crippen LogP contribution in [0.4, 0.5) is 11.6 Å². The number of benzene rings is 1. The van der Waals surface area contributed by atoms with E-state index in [0.717, 1.165) is 48.3 Å². The molecule has 0 atom stereocenters. The lowest BCUT2D eigenvalue weighted by atomic mass is 10.1. The average molecular weight is 431 g/mol. The number of anilines is 2. The Morgan fingerprint density at radius 2 is 1.88 bits per heavy atom. The van der Waals surface area contributed by atoms with Crippen molar-refractivity contribution >= 4 is 40.2 Å². The van der Waals surface area contributed by atoms with Crippen LogP contribution in [0.3, 0.4) is 0 Å².